The number of aromatic nitrogens is 3. The van der Waals surface area contributed by atoms with Crippen molar-refractivity contribution in [1.29, 1.82) is 0 Å². The number of nitrogens with zero attached hydrogens (tertiary/aromatic N) is 3. The van der Waals surface area contributed by atoms with Crippen molar-refractivity contribution in [2.24, 2.45) is 0 Å². The number of methoxy groups -OCH3 is 1. The van der Waals surface area contributed by atoms with Crippen LogP contribution in [0, 0.1) is 0 Å². The average Bonchev–Trinajstić information content (AvgIpc) is 3.04. The number of hydrogen-bond acceptors (Lipinski definition) is 4. The fourth-order valence-corrected chi connectivity index (χ4v) is 4.10. The van der Waals surface area contributed by atoms with E-state index in [1.54, 1.807) is 24.9 Å². The Balaban J connectivity index is 1.76. The molecular weight excluding hydrogens is 401 g/mol. The zero-order valence-electron chi connectivity index (χ0n) is 14.9. The minimum atomic E-state index is 0.630. The molecule has 7 heteroatoms. The summed E-state index contributed by atoms with van der Waals surface area (Å²) in [5.74, 6) is 2.42. The van der Waals surface area contributed by atoms with Crippen LogP contribution in [0.25, 0.3) is 0 Å². The molecule has 0 fully saturated rings. The lowest BCUT2D eigenvalue weighted by atomic mass is 10.1. The Bertz CT molecular complexity index is 925. The van der Waals surface area contributed by atoms with Crippen LogP contribution in [0.4, 0.5) is 0 Å². The molecular formula is C20H19Cl2N3OS. The maximum Gasteiger partial charge on any atom is 0.191 e. The Kier molecular flexibility index (Phi) is 6.83. The van der Waals surface area contributed by atoms with E-state index in [9.17, 15) is 0 Å². The smallest absolute Gasteiger partial charge is 0.191 e. The highest BCUT2D eigenvalue weighted by Gasteiger charge is 2.13. The predicted molar refractivity (Wildman–Crippen MR) is 112 cm³/mol. The van der Waals surface area contributed by atoms with Gasteiger partial charge in [-0.3, -0.25) is 0 Å². The van der Waals surface area contributed by atoms with E-state index in [1.807, 2.05) is 42.5 Å². The third-order valence-corrected chi connectivity index (χ3v) is 5.60. The fourth-order valence-electron chi connectivity index (χ4n) is 2.58. The quantitative estimate of drug-likeness (QED) is 0.348. The van der Waals surface area contributed by atoms with Crippen molar-refractivity contribution >= 4 is 35.0 Å². The summed E-state index contributed by atoms with van der Waals surface area (Å²) >= 11 is 13.8. The first-order valence-electron chi connectivity index (χ1n) is 8.33. The van der Waals surface area contributed by atoms with Gasteiger partial charge < -0.3 is 9.30 Å². The van der Waals surface area contributed by atoms with Crippen molar-refractivity contribution in [3.8, 4) is 5.75 Å². The van der Waals surface area contributed by atoms with Crippen LogP contribution in [0.3, 0.4) is 0 Å². The number of rotatable bonds is 8. The summed E-state index contributed by atoms with van der Waals surface area (Å²) in [5.41, 5.74) is 2.15. The molecule has 0 atom stereocenters. The number of ether oxygens (including phenoxy) is 1. The van der Waals surface area contributed by atoms with Gasteiger partial charge >= 0.3 is 0 Å². The maximum atomic E-state index is 6.27. The standard InChI is InChI=1S/C20H19Cl2N3OS/c1-3-10-25-19(11-14-4-8-17(26-2)9-5-14)23-24-20(25)27-13-15-6-7-16(21)12-18(15)22/h3-9,12H,1,10-11,13H2,2H3. The van der Waals surface area contributed by atoms with E-state index in [-0.39, 0.29) is 0 Å². The lowest BCUT2D eigenvalue weighted by molar-refractivity contribution is 0.414. The molecule has 0 aliphatic carbocycles. The van der Waals surface area contributed by atoms with E-state index in [0.29, 0.717) is 28.8 Å². The van der Waals surface area contributed by atoms with Gasteiger partial charge in [-0.1, -0.05) is 59.2 Å². The second kappa shape index (κ2) is 9.31. The highest BCUT2D eigenvalue weighted by molar-refractivity contribution is 7.98. The molecule has 1 heterocycles. The number of allylic oxidation sites excluding steroid dienone is 1. The molecule has 0 radical (unpaired) electrons. The van der Waals surface area contributed by atoms with Gasteiger partial charge in [0.2, 0.25) is 0 Å². The minimum absolute atomic E-state index is 0.630. The first-order chi connectivity index (χ1) is 13.1. The second-order valence-corrected chi connectivity index (χ2v) is 7.63. The Morgan fingerprint density at radius 1 is 1.15 bits per heavy atom. The molecule has 0 aliphatic heterocycles. The molecule has 0 bridgehead atoms. The van der Waals surface area contributed by atoms with Crippen molar-refractivity contribution in [1.82, 2.24) is 14.8 Å². The summed E-state index contributed by atoms with van der Waals surface area (Å²) in [4.78, 5) is 0. The monoisotopic (exact) mass is 419 g/mol. The molecule has 140 valence electrons. The van der Waals surface area contributed by atoms with E-state index >= 15 is 0 Å². The van der Waals surface area contributed by atoms with E-state index in [1.165, 1.54) is 0 Å². The first-order valence-corrected chi connectivity index (χ1v) is 10.1. The molecule has 1 aromatic heterocycles. The summed E-state index contributed by atoms with van der Waals surface area (Å²) in [5, 5.41) is 10.9. The van der Waals surface area contributed by atoms with Gasteiger partial charge in [0.1, 0.15) is 11.6 Å². The zero-order valence-corrected chi connectivity index (χ0v) is 17.2. The van der Waals surface area contributed by atoms with Gasteiger partial charge in [0.05, 0.1) is 7.11 Å². The third kappa shape index (κ3) is 5.06. The Morgan fingerprint density at radius 3 is 2.59 bits per heavy atom. The van der Waals surface area contributed by atoms with Crippen LogP contribution in [-0.4, -0.2) is 21.9 Å². The number of hydrogen-bond donors (Lipinski definition) is 0. The summed E-state index contributed by atoms with van der Waals surface area (Å²) in [6.07, 6.45) is 2.54. The Hall–Kier alpha value is -1.95. The van der Waals surface area contributed by atoms with Crippen LogP contribution in [0.1, 0.15) is 17.0 Å². The predicted octanol–water partition coefficient (Wildman–Crippen LogP) is 5.66. The van der Waals surface area contributed by atoms with Gasteiger partial charge in [-0.2, -0.15) is 0 Å². The lowest BCUT2D eigenvalue weighted by Gasteiger charge is -2.09. The summed E-state index contributed by atoms with van der Waals surface area (Å²) in [6.45, 7) is 4.50. The average molecular weight is 420 g/mol. The van der Waals surface area contributed by atoms with Gasteiger partial charge in [0, 0.05) is 28.8 Å². The molecule has 0 unspecified atom stereocenters. The van der Waals surface area contributed by atoms with Crippen molar-refractivity contribution < 1.29 is 4.74 Å². The zero-order chi connectivity index (χ0) is 19.2. The van der Waals surface area contributed by atoms with E-state index < -0.39 is 0 Å². The van der Waals surface area contributed by atoms with Gasteiger partial charge in [0.25, 0.3) is 0 Å². The molecule has 2 aromatic carbocycles. The highest BCUT2D eigenvalue weighted by Crippen LogP contribution is 2.28. The second-order valence-electron chi connectivity index (χ2n) is 5.85. The van der Waals surface area contributed by atoms with Crippen LogP contribution >= 0.6 is 35.0 Å². The van der Waals surface area contributed by atoms with Gasteiger partial charge in [0.15, 0.2) is 5.16 Å². The number of benzene rings is 2. The molecule has 0 spiro atoms. The molecule has 0 saturated heterocycles. The molecule has 0 aliphatic rings. The maximum absolute atomic E-state index is 6.27. The largest absolute Gasteiger partial charge is 0.497 e. The van der Waals surface area contributed by atoms with Crippen LogP contribution in [0.2, 0.25) is 10.0 Å². The lowest BCUT2D eigenvalue weighted by Crippen LogP contribution is -2.05. The number of halogens is 2. The van der Waals surface area contributed by atoms with Crippen molar-refractivity contribution in [2.45, 2.75) is 23.9 Å². The molecule has 3 aromatic rings. The topological polar surface area (TPSA) is 39.9 Å². The fraction of sp³-hybridized carbons (Fsp3) is 0.200. The normalized spacial score (nSPS) is 10.8. The molecule has 0 amide bonds. The summed E-state index contributed by atoms with van der Waals surface area (Å²) in [6, 6.07) is 13.5. The van der Waals surface area contributed by atoms with Gasteiger partial charge in [-0.05, 0) is 35.4 Å². The molecule has 0 N–H and O–H groups in total. The Morgan fingerprint density at radius 2 is 1.93 bits per heavy atom. The summed E-state index contributed by atoms with van der Waals surface area (Å²) < 4.78 is 7.28. The minimum Gasteiger partial charge on any atom is -0.497 e. The van der Waals surface area contributed by atoms with Crippen molar-refractivity contribution in [2.75, 3.05) is 7.11 Å². The Labute approximate surface area is 173 Å². The van der Waals surface area contributed by atoms with E-state index in [0.717, 1.165) is 27.9 Å². The third-order valence-electron chi connectivity index (χ3n) is 4.00. The van der Waals surface area contributed by atoms with E-state index in [4.69, 9.17) is 27.9 Å². The SMILES string of the molecule is C=CCn1c(Cc2ccc(OC)cc2)nnc1SCc1ccc(Cl)cc1Cl. The van der Waals surface area contributed by atoms with E-state index in [2.05, 4.69) is 21.3 Å². The van der Waals surface area contributed by atoms with Gasteiger partial charge in [-0.15, -0.1) is 16.8 Å². The van der Waals surface area contributed by atoms with Crippen LogP contribution in [-0.2, 0) is 18.7 Å². The molecule has 27 heavy (non-hydrogen) atoms. The van der Waals surface area contributed by atoms with Crippen molar-refractivity contribution in [3.63, 3.8) is 0 Å². The first kappa shape index (κ1) is 19.8. The number of thioether (sulfide) groups is 1. The van der Waals surface area contributed by atoms with Crippen molar-refractivity contribution in [3.05, 3.63) is 82.1 Å². The van der Waals surface area contributed by atoms with Gasteiger partial charge in [-0.25, -0.2) is 0 Å². The summed E-state index contributed by atoms with van der Waals surface area (Å²) in [7, 11) is 1.66. The molecule has 4 nitrogen and oxygen atoms in total. The van der Waals surface area contributed by atoms with Crippen LogP contribution < -0.4 is 4.74 Å². The molecule has 3 rings (SSSR count). The van der Waals surface area contributed by atoms with Crippen LogP contribution in [0.5, 0.6) is 5.75 Å². The molecule has 0 saturated carbocycles. The van der Waals surface area contributed by atoms with Crippen LogP contribution in [0.15, 0.2) is 60.3 Å². The highest BCUT2D eigenvalue weighted by atomic mass is 35.5.